The predicted octanol–water partition coefficient (Wildman–Crippen LogP) is -0.562. The van der Waals surface area contributed by atoms with Crippen LogP contribution < -0.4 is 5.32 Å². The van der Waals surface area contributed by atoms with E-state index in [1.807, 2.05) is 0 Å². The molecule has 0 saturated carbocycles. The number of nitrogens with one attached hydrogen (secondary N) is 1. The number of rotatable bonds is 3. The van der Waals surface area contributed by atoms with Crippen LogP contribution in [0.5, 0.6) is 0 Å². The average Bonchev–Trinajstić information content (AvgIpc) is 3.11. The summed E-state index contributed by atoms with van der Waals surface area (Å²) in [6, 6.07) is 3.29. The van der Waals surface area contributed by atoms with Crippen molar-refractivity contribution in [2.24, 2.45) is 7.05 Å². The van der Waals surface area contributed by atoms with Crippen LogP contribution >= 0.6 is 0 Å². The Morgan fingerprint density at radius 3 is 3.00 bits per heavy atom. The molecule has 0 fully saturated rings. The van der Waals surface area contributed by atoms with Crippen LogP contribution in [0.3, 0.4) is 0 Å². The van der Waals surface area contributed by atoms with Crippen LogP contribution in [-0.4, -0.2) is 45.9 Å². The highest BCUT2D eigenvalue weighted by atomic mass is 16.2. The molecule has 3 aromatic heterocycles. The Kier molecular flexibility index (Phi) is 2.88. The maximum Gasteiger partial charge on any atom is 0.261 e. The van der Waals surface area contributed by atoms with Gasteiger partial charge in [-0.25, -0.2) is 19.3 Å². The summed E-state index contributed by atoms with van der Waals surface area (Å²) in [6.07, 6.45) is 4.39. The minimum absolute atomic E-state index is 0.239. The molecule has 3 aromatic rings. The van der Waals surface area contributed by atoms with E-state index in [1.165, 1.54) is 22.0 Å². The predicted molar refractivity (Wildman–Crippen MR) is 65.9 cm³/mol. The summed E-state index contributed by atoms with van der Waals surface area (Å²) < 4.78 is 2.76. The number of carbonyl (C=O) groups is 1. The smallest absolute Gasteiger partial charge is 0.261 e. The van der Waals surface area contributed by atoms with Gasteiger partial charge in [0, 0.05) is 13.2 Å². The third-order valence-corrected chi connectivity index (χ3v) is 2.51. The summed E-state index contributed by atoms with van der Waals surface area (Å²) in [5, 5.41) is 17.3. The first-order chi connectivity index (χ1) is 9.75. The second-order valence-electron chi connectivity index (χ2n) is 3.79. The van der Waals surface area contributed by atoms with Crippen molar-refractivity contribution in [1.29, 1.82) is 0 Å². The lowest BCUT2D eigenvalue weighted by Crippen LogP contribution is -2.18. The second-order valence-corrected chi connectivity index (χ2v) is 3.79. The van der Waals surface area contributed by atoms with Gasteiger partial charge in [-0.3, -0.25) is 10.1 Å². The minimum Gasteiger partial charge on any atom is -0.289 e. The van der Waals surface area contributed by atoms with Gasteiger partial charge in [-0.2, -0.15) is 5.10 Å². The molecule has 0 aliphatic rings. The molecule has 0 aliphatic carbocycles. The molecule has 100 valence electrons. The molecule has 3 heterocycles. The van der Waals surface area contributed by atoms with Gasteiger partial charge < -0.3 is 0 Å². The number of pyridine rings is 1. The fourth-order valence-electron chi connectivity index (χ4n) is 1.58. The Morgan fingerprint density at radius 2 is 2.30 bits per heavy atom. The fourth-order valence-corrected chi connectivity index (χ4v) is 1.58. The van der Waals surface area contributed by atoms with Gasteiger partial charge >= 0.3 is 0 Å². The summed E-state index contributed by atoms with van der Waals surface area (Å²) in [6.45, 7) is 0. The van der Waals surface area contributed by atoms with Crippen molar-refractivity contribution in [3.8, 4) is 5.82 Å². The zero-order chi connectivity index (χ0) is 13.9. The van der Waals surface area contributed by atoms with Crippen molar-refractivity contribution < 1.29 is 4.79 Å². The van der Waals surface area contributed by atoms with Crippen LogP contribution in [0.2, 0.25) is 0 Å². The van der Waals surface area contributed by atoms with Crippen LogP contribution in [0, 0.1) is 0 Å². The SMILES string of the molecule is Cn1nnnc1NC(=O)c1cccnc1-n1cncn1. The normalized spacial score (nSPS) is 10.4. The molecule has 0 saturated heterocycles. The van der Waals surface area contributed by atoms with Gasteiger partial charge in [0.25, 0.3) is 5.91 Å². The van der Waals surface area contributed by atoms with Crippen molar-refractivity contribution in [3.05, 3.63) is 36.5 Å². The molecular weight excluding hydrogens is 262 g/mol. The number of hydrogen-bond donors (Lipinski definition) is 1. The summed E-state index contributed by atoms with van der Waals surface area (Å²) in [7, 11) is 1.62. The van der Waals surface area contributed by atoms with Gasteiger partial charge in [0.05, 0.1) is 5.56 Å². The number of tetrazole rings is 1. The zero-order valence-electron chi connectivity index (χ0n) is 10.4. The third-order valence-electron chi connectivity index (χ3n) is 2.51. The maximum absolute atomic E-state index is 12.3. The molecule has 20 heavy (non-hydrogen) atoms. The van der Waals surface area contributed by atoms with Crippen LogP contribution in [0.4, 0.5) is 5.95 Å². The van der Waals surface area contributed by atoms with Crippen molar-refractivity contribution in [3.63, 3.8) is 0 Å². The number of aryl methyl sites for hydroxylation is 1. The molecule has 10 heteroatoms. The van der Waals surface area contributed by atoms with Gasteiger partial charge in [-0.15, -0.1) is 0 Å². The first kappa shape index (κ1) is 11.9. The molecule has 0 radical (unpaired) electrons. The number of hydrogen-bond acceptors (Lipinski definition) is 7. The fraction of sp³-hybridized carbons (Fsp3) is 0.100. The molecule has 0 aromatic carbocycles. The molecule has 10 nitrogen and oxygen atoms in total. The van der Waals surface area contributed by atoms with E-state index in [4.69, 9.17) is 0 Å². The van der Waals surface area contributed by atoms with Crippen molar-refractivity contribution >= 4 is 11.9 Å². The van der Waals surface area contributed by atoms with E-state index in [2.05, 4.69) is 35.9 Å². The largest absolute Gasteiger partial charge is 0.289 e. The quantitative estimate of drug-likeness (QED) is 0.678. The first-order valence-electron chi connectivity index (χ1n) is 5.59. The van der Waals surface area contributed by atoms with E-state index in [0.29, 0.717) is 11.4 Å². The van der Waals surface area contributed by atoms with Crippen LogP contribution in [0.1, 0.15) is 10.4 Å². The minimum atomic E-state index is -0.387. The monoisotopic (exact) mass is 271 g/mol. The van der Waals surface area contributed by atoms with Crippen LogP contribution in [0.25, 0.3) is 5.82 Å². The molecule has 0 atom stereocenters. The highest BCUT2D eigenvalue weighted by Gasteiger charge is 2.16. The summed E-state index contributed by atoms with van der Waals surface area (Å²) in [5.41, 5.74) is 0.334. The third kappa shape index (κ3) is 2.09. The van der Waals surface area contributed by atoms with Gasteiger partial charge in [0.2, 0.25) is 5.95 Å². The number of anilines is 1. The van der Waals surface area contributed by atoms with Crippen molar-refractivity contribution in [1.82, 2.24) is 40.0 Å². The lowest BCUT2D eigenvalue weighted by atomic mass is 10.2. The lowest BCUT2D eigenvalue weighted by molar-refractivity contribution is 0.102. The summed E-state index contributed by atoms with van der Waals surface area (Å²) in [5.74, 6) is 0.225. The van der Waals surface area contributed by atoms with E-state index in [9.17, 15) is 4.79 Å². The average molecular weight is 271 g/mol. The number of aromatic nitrogens is 8. The summed E-state index contributed by atoms with van der Waals surface area (Å²) >= 11 is 0. The van der Waals surface area contributed by atoms with Gasteiger partial charge in [0.15, 0.2) is 5.82 Å². The first-order valence-corrected chi connectivity index (χ1v) is 5.59. The Hall–Kier alpha value is -3.17. The molecule has 0 aliphatic heterocycles. The Bertz CT molecular complexity index is 733. The molecule has 0 bridgehead atoms. The van der Waals surface area contributed by atoms with Gasteiger partial charge in [-0.05, 0) is 22.6 Å². The van der Waals surface area contributed by atoms with E-state index in [-0.39, 0.29) is 11.9 Å². The second kappa shape index (κ2) is 4.84. The van der Waals surface area contributed by atoms with E-state index in [0.717, 1.165) is 0 Å². The van der Waals surface area contributed by atoms with Gasteiger partial charge in [0.1, 0.15) is 12.7 Å². The van der Waals surface area contributed by atoms with Crippen molar-refractivity contribution in [2.75, 3.05) is 5.32 Å². The van der Waals surface area contributed by atoms with Crippen LogP contribution in [0.15, 0.2) is 31.0 Å². The van der Waals surface area contributed by atoms with E-state index >= 15 is 0 Å². The standard InChI is InChI=1S/C10H9N9O/c1-18-10(15-16-17-18)14-9(20)7-3-2-4-12-8(7)19-6-11-5-13-19/h2-6H,1H3,(H,14,15,17,20). The molecule has 1 N–H and O–H groups in total. The Labute approximate surface area is 112 Å². The highest BCUT2D eigenvalue weighted by Crippen LogP contribution is 2.11. The molecule has 1 amide bonds. The molecule has 0 spiro atoms. The lowest BCUT2D eigenvalue weighted by Gasteiger charge is -2.07. The Morgan fingerprint density at radius 1 is 1.40 bits per heavy atom. The van der Waals surface area contributed by atoms with E-state index < -0.39 is 0 Å². The molecule has 0 unspecified atom stereocenters. The number of nitrogens with zero attached hydrogens (tertiary/aromatic N) is 8. The molecular formula is C10H9N9O. The van der Waals surface area contributed by atoms with Gasteiger partial charge in [-0.1, -0.05) is 5.10 Å². The zero-order valence-corrected chi connectivity index (χ0v) is 10.4. The van der Waals surface area contributed by atoms with E-state index in [1.54, 1.807) is 25.4 Å². The number of amides is 1. The maximum atomic E-state index is 12.3. The molecule has 3 rings (SSSR count). The topological polar surface area (TPSA) is 116 Å². The van der Waals surface area contributed by atoms with Crippen LogP contribution in [-0.2, 0) is 7.05 Å². The van der Waals surface area contributed by atoms with Crippen molar-refractivity contribution in [2.45, 2.75) is 0 Å². The number of carbonyl (C=O) groups excluding carboxylic acids is 1. The highest BCUT2D eigenvalue weighted by molar-refractivity contribution is 6.05. The Balaban J connectivity index is 1.94. The summed E-state index contributed by atoms with van der Waals surface area (Å²) in [4.78, 5) is 20.2.